The van der Waals surface area contributed by atoms with Crippen molar-refractivity contribution in [3.63, 3.8) is 0 Å². The van der Waals surface area contributed by atoms with Crippen molar-refractivity contribution in [1.82, 2.24) is 10.7 Å². The summed E-state index contributed by atoms with van der Waals surface area (Å²) in [6.45, 7) is 1.74. The minimum absolute atomic E-state index is 0.0561. The highest BCUT2D eigenvalue weighted by atomic mass is 32.1. The molecule has 0 fully saturated rings. The van der Waals surface area contributed by atoms with Gasteiger partial charge in [-0.15, -0.1) is 0 Å². The molecule has 2 N–H and O–H groups in total. The van der Waals surface area contributed by atoms with Crippen LogP contribution < -0.4 is 10.7 Å². The van der Waals surface area contributed by atoms with E-state index in [1.54, 1.807) is 19.1 Å². The monoisotopic (exact) mass is 341 g/mol. The van der Waals surface area contributed by atoms with Crippen LogP contribution in [0.4, 0.5) is 0 Å². The van der Waals surface area contributed by atoms with Gasteiger partial charge in [-0.05, 0) is 37.7 Å². The molecule has 0 saturated heterocycles. The average molecular weight is 341 g/mol. The van der Waals surface area contributed by atoms with Crippen molar-refractivity contribution in [2.24, 2.45) is 5.10 Å². The third-order valence-electron chi connectivity index (χ3n) is 2.86. The van der Waals surface area contributed by atoms with E-state index in [0.29, 0.717) is 11.5 Å². The number of rotatable bonds is 7. The number of carbonyl (C=O) groups is 2. The van der Waals surface area contributed by atoms with Crippen molar-refractivity contribution < 1.29 is 23.5 Å². The number of furan rings is 1. The lowest BCUT2D eigenvalue weighted by Gasteiger charge is -2.17. The largest absolute Gasteiger partial charge is 0.469 e. The molecule has 0 aromatic carbocycles. The molecule has 0 aliphatic rings. The lowest BCUT2D eigenvalue weighted by atomic mass is 10.1. The highest BCUT2D eigenvalue weighted by molar-refractivity contribution is 7.80. The van der Waals surface area contributed by atoms with Gasteiger partial charge in [0.15, 0.2) is 5.11 Å². The van der Waals surface area contributed by atoms with E-state index in [1.165, 1.54) is 20.5 Å². The molecule has 0 radical (unpaired) electrons. The second-order valence-corrected chi connectivity index (χ2v) is 4.86. The molecular weight excluding hydrogens is 322 g/mol. The van der Waals surface area contributed by atoms with Crippen molar-refractivity contribution in [3.8, 4) is 0 Å². The normalized spacial score (nSPS) is 12.2. The van der Waals surface area contributed by atoms with Crippen LogP contribution in [-0.2, 0) is 19.1 Å². The van der Waals surface area contributed by atoms with E-state index in [9.17, 15) is 9.59 Å². The van der Waals surface area contributed by atoms with Crippen LogP contribution in [0.15, 0.2) is 27.9 Å². The second kappa shape index (κ2) is 9.57. The van der Waals surface area contributed by atoms with E-state index in [4.69, 9.17) is 16.6 Å². The Morgan fingerprint density at radius 1 is 1.39 bits per heavy atom. The van der Waals surface area contributed by atoms with Gasteiger partial charge in [0.05, 0.1) is 20.5 Å². The Bertz CT molecular complexity index is 571. The van der Waals surface area contributed by atoms with Crippen molar-refractivity contribution in [1.29, 1.82) is 0 Å². The lowest BCUT2D eigenvalue weighted by molar-refractivity contribution is -0.144. The van der Waals surface area contributed by atoms with Gasteiger partial charge in [0.25, 0.3) is 0 Å². The molecular formula is C14H19N3O5S. The molecule has 126 valence electrons. The van der Waals surface area contributed by atoms with Crippen LogP contribution in [0.1, 0.15) is 25.5 Å². The van der Waals surface area contributed by atoms with Gasteiger partial charge in [-0.1, -0.05) is 0 Å². The second-order valence-electron chi connectivity index (χ2n) is 4.45. The summed E-state index contributed by atoms with van der Waals surface area (Å²) in [5.41, 5.74) is 3.19. The predicted octanol–water partition coefficient (Wildman–Crippen LogP) is 0.962. The summed E-state index contributed by atoms with van der Waals surface area (Å²) in [5, 5.41) is 6.91. The van der Waals surface area contributed by atoms with Gasteiger partial charge in [0.1, 0.15) is 17.5 Å². The Balaban J connectivity index is 2.57. The maximum absolute atomic E-state index is 11.7. The van der Waals surface area contributed by atoms with E-state index in [2.05, 4.69) is 25.3 Å². The van der Waals surface area contributed by atoms with Crippen LogP contribution in [0, 0.1) is 0 Å². The molecule has 23 heavy (non-hydrogen) atoms. The first-order valence-electron chi connectivity index (χ1n) is 6.77. The summed E-state index contributed by atoms with van der Waals surface area (Å²) in [5.74, 6) is -0.369. The lowest BCUT2D eigenvalue weighted by Crippen LogP contribution is -2.45. The van der Waals surface area contributed by atoms with Gasteiger partial charge >= 0.3 is 11.9 Å². The molecule has 9 heteroatoms. The number of hydrazone groups is 1. The van der Waals surface area contributed by atoms with Crippen LogP contribution in [-0.4, -0.2) is 43.0 Å². The fraction of sp³-hybridized carbons (Fsp3) is 0.429. The molecule has 0 aliphatic heterocycles. The minimum Gasteiger partial charge on any atom is -0.469 e. The maximum Gasteiger partial charge on any atom is 0.328 e. The van der Waals surface area contributed by atoms with Crippen LogP contribution >= 0.6 is 12.2 Å². The fourth-order valence-electron chi connectivity index (χ4n) is 1.62. The van der Waals surface area contributed by atoms with Gasteiger partial charge in [-0.25, -0.2) is 4.79 Å². The van der Waals surface area contributed by atoms with Crippen LogP contribution in [0.25, 0.3) is 0 Å². The molecule has 0 aliphatic carbocycles. The van der Waals surface area contributed by atoms with E-state index in [-0.39, 0.29) is 18.0 Å². The average Bonchev–Trinajstić information content (AvgIpc) is 3.09. The number of esters is 2. The number of hydrogen-bond acceptors (Lipinski definition) is 7. The highest BCUT2D eigenvalue weighted by Gasteiger charge is 2.21. The molecule has 1 unspecified atom stereocenters. The minimum atomic E-state index is -0.779. The first kappa shape index (κ1) is 18.6. The molecule has 0 amide bonds. The smallest absolute Gasteiger partial charge is 0.328 e. The summed E-state index contributed by atoms with van der Waals surface area (Å²) in [6, 6.07) is 2.72. The van der Waals surface area contributed by atoms with Gasteiger partial charge < -0.3 is 19.2 Å². The third kappa shape index (κ3) is 6.47. The molecule has 1 heterocycles. The number of nitrogens with zero attached hydrogens (tertiary/aromatic N) is 1. The van der Waals surface area contributed by atoms with E-state index >= 15 is 0 Å². The van der Waals surface area contributed by atoms with Crippen molar-refractivity contribution in [3.05, 3.63) is 24.2 Å². The van der Waals surface area contributed by atoms with E-state index in [1.807, 2.05) is 0 Å². The Labute approximate surface area is 139 Å². The van der Waals surface area contributed by atoms with Gasteiger partial charge in [-0.2, -0.15) is 5.10 Å². The first-order chi connectivity index (χ1) is 11.0. The van der Waals surface area contributed by atoms with E-state index in [0.717, 1.165) is 0 Å². The SMILES string of the molecule is COC(=O)CCC(NC(=S)N/N=C(\C)c1ccco1)C(=O)OC. The Morgan fingerprint density at radius 3 is 2.70 bits per heavy atom. The van der Waals surface area contributed by atoms with Gasteiger partial charge in [0, 0.05) is 6.42 Å². The van der Waals surface area contributed by atoms with Crippen molar-refractivity contribution in [2.45, 2.75) is 25.8 Å². The number of carbonyl (C=O) groups excluding carboxylic acids is 2. The zero-order valence-electron chi connectivity index (χ0n) is 13.1. The number of ether oxygens (including phenoxy) is 2. The summed E-state index contributed by atoms with van der Waals surface area (Å²) in [6.07, 6.45) is 1.77. The number of hydrogen-bond donors (Lipinski definition) is 2. The molecule has 8 nitrogen and oxygen atoms in total. The quantitative estimate of drug-likeness (QED) is 0.327. The Kier molecular flexibility index (Phi) is 7.75. The number of methoxy groups -OCH3 is 2. The summed E-state index contributed by atoms with van der Waals surface area (Å²) in [4.78, 5) is 22.9. The topological polar surface area (TPSA) is 102 Å². The Hall–Kier alpha value is -2.42. The number of thiocarbonyl (C=S) groups is 1. The molecule has 0 bridgehead atoms. The molecule has 1 aromatic heterocycles. The molecule has 0 saturated carbocycles. The number of nitrogens with one attached hydrogen (secondary N) is 2. The summed E-state index contributed by atoms with van der Waals surface area (Å²) >= 11 is 5.07. The third-order valence-corrected chi connectivity index (χ3v) is 3.07. The van der Waals surface area contributed by atoms with E-state index < -0.39 is 18.0 Å². The van der Waals surface area contributed by atoms with Gasteiger partial charge in [-0.3, -0.25) is 10.2 Å². The van der Waals surface area contributed by atoms with Crippen molar-refractivity contribution in [2.75, 3.05) is 14.2 Å². The highest BCUT2D eigenvalue weighted by Crippen LogP contribution is 2.03. The fourth-order valence-corrected chi connectivity index (χ4v) is 1.81. The predicted molar refractivity (Wildman–Crippen MR) is 86.8 cm³/mol. The standard InChI is InChI=1S/C14H19N3O5S/c1-9(11-5-4-8-22-11)16-17-14(23)15-10(13(19)21-3)6-7-12(18)20-2/h4-5,8,10H,6-7H2,1-3H3,(H2,15,17,23)/b16-9+. The zero-order chi connectivity index (χ0) is 17.2. The molecule has 1 rings (SSSR count). The van der Waals surface area contributed by atoms with Gasteiger partial charge in [0.2, 0.25) is 0 Å². The summed E-state index contributed by atoms with van der Waals surface area (Å²) in [7, 11) is 2.53. The van der Waals surface area contributed by atoms with Crippen LogP contribution in [0.5, 0.6) is 0 Å². The zero-order valence-corrected chi connectivity index (χ0v) is 13.9. The molecule has 0 spiro atoms. The summed E-state index contributed by atoms with van der Waals surface area (Å²) < 4.78 is 14.4. The maximum atomic E-state index is 11.7. The Morgan fingerprint density at radius 2 is 2.13 bits per heavy atom. The first-order valence-corrected chi connectivity index (χ1v) is 7.18. The van der Waals surface area contributed by atoms with Crippen molar-refractivity contribution >= 4 is 35.0 Å². The molecule has 1 atom stereocenters. The van der Waals surface area contributed by atoms with Crippen LogP contribution in [0.2, 0.25) is 0 Å². The molecule has 1 aromatic rings. The van der Waals surface area contributed by atoms with Crippen LogP contribution in [0.3, 0.4) is 0 Å².